The van der Waals surface area contributed by atoms with Gasteiger partial charge in [-0.15, -0.1) is 0 Å². The van der Waals surface area contributed by atoms with Crippen molar-refractivity contribution in [1.29, 1.82) is 0 Å². The Morgan fingerprint density at radius 3 is 2.72 bits per heavy atom. The van der Waals surface area contributed by atoms with Gasteiger partial charge in [0, 0.05) is 19.2 Å². The molecule has 1 aromatic carbocycles. The first-order valence-electron chi connectivity index (χ1n) is 5.35. The normalized spacial score (nSPS) is 10.3. The maximum Gasteiger partial charge on any atom is 0.258 e. The molecule has 0 saturated carbocycles. The Kier molecular flexibility index (Phi) is 3.58. The van der Waals surface area contributed by atoms with Gasteiger partial charge in [0.25, 0.3) is 5.91 Å². The largest absolute Gasteiger partial charge is 0.508 e. The van der Waals surface area contributed by atoms with E-state index in [0.717, 1.165) is 0 Å². The summed E-state index contributed by atoms with van der Waals surface area (Å²) in [5.41, 5.74) is 0.988. The van der Waals surface area contributed by atoms with Crippen LogP contribution < -0.4 is 0 Å². The van der Waals surface area contributed by atoms with E-state index in [0.29, 0.717) is 17.7 Å². The molecule has 1 N–H and O–H groups in total. The number of halogens is 1. The number of amides is 1. The van der Waals surface area contributed by atoms with Crippen LogP contribution in [-0.4, -0.2) is 23.0 Å². The summed E-state index contributed by atoms with van der Waals surface area (Å²) in [5, 5.41) is 9.72. The lowest BCUT2D eigenvalue weighted by Crippen LogP contribution is -2.26. The quantitative estimate of drug-likeness (QED) is 0.928. The van der Waals surface area contributed by atoms with Gasteiger partial charge in [0.2, 0.25) is 5.22 Å². The summed E-state index contributed by atoms with van der Waals surface area (Å²) in [4.78, 5) is 13.5. The molecule has 1 amide bonds. The van der Waals surface area contributed by atoms with Crippen LogP contribution in [0.4, 0.5) is 0 Å². The molecule has 0 bridgehead atoms. The Bertz CT molecular complexity index is 565. The molecule has 0 saturated heterocycles. The van der Waals surface area contributed by atoms with Crippen LogP contribution in [-0.2, 0) is 6.54 Å². The summed E-state index contributed by atoms with van der Waals surface area (Å²) in [6.45, 7) is 0.299. The van der Waals surface area contributed by atoms with Gasteiger partial charge in [0.05, 0.1) is 11.8 Å². The monoisotopic (exact) mass is 265 g/mol. The van der Waals surface area contributed by atoms with E-state index in [4.69, 9.17) is 16.0 Å². The van der Waals surface area contributed by atoms with Gasteiger partial charge in [0.15, 0.2) is 0 Å². The lowest BCUT2D eigenvalue weighted by molar-refractivity contribution is 0.0784. The van der Waals surface area contributed by atoms with Crippen molar-refractivity contribution in [1.82, 2.24) is 4.90 Å². The lowest BCUT2D eigenvalue weighted by atomic mass is 10.2. The van der Waals surface area contributed by atoms with E-state index in [1.165, 1.54) is 17.2 Å². The van der Waals surface area contributed by atoms with E-state index in [9.17, 15) is 9.90 Å². The van der Waals surface area contributed by atoms with E-state index in [2.05, 4.69) is 0 Å². The number of phenolic OH excluding ortho intramolecular Hbond substituents is 1. The summed E-state index contributed by atoms with van der Waals surface area (Å²) >= 11 is 5.75. The topological polar surface area (TPSA) is 53.7 Å². The zero-order valence-corrected chi connectivity index (χ0v) is 10.5. The second kappa shape index (κ2) is 5.14. The molecule has 0 spiro atoms. The van der Waals surface area contributed by atoms with Gasteiger partial charge in [-0.1, -0.05) is 18.2 Å². The Balaban J connectivity index is 2.14. The minimum Gasteiger partial charge on any atom is -0.508 e. The number of carbonyl (C=O) groups excluding carboxylic acids is 1. The zero-order chi connectivity index (χ0) is 13.1. The highest BCUT2D eigenvalue weighted by atomic mass is 35.5. The number of para-hydroxylation sites is 1. The summed E-state index contributed by atoms with van der Waals surface area (Å²) in [6.07, 6.45) is 1.36. The molecule has 5 heteroatoms. The maximum absolute atomic E-state index is 12.0. The summed E-state index contributed by atoms with van der Waals surface area (Å²) in [7, 11) is 1.64. The minimum atomic E-state index is -0.253. The first-order chi connectivity index (χ1) is 8.59. The zero-order valence-electron chi connectivity index (χ0n) is 9.76. The van der Waals surface area contributed by atoms with Crippen LogP contribution >= 0.6 is 11.6 Å². The predicted molar refractivity (Wildman–Crippen MR) is 67.6 cm³/mol. The van der Waals surface area contributed by atoms with Gasteiger partial charge < -0.3 is 14.4 Å². The third kappa shape index (κ3) is 2.49. The van der Waals surface area contributed by atoms with E-state index < -0.39 is 0 Å². The Morgan fingerprint density at radius 1 is 1.39 bits per heavy atom. The molecule has 1 aromatic heterocycles. The molecule has 18 heavy (non-hydrogen) atoms. The summed E-state index contributed by atoms with van der Waals surface area (Å²) in [6, 6.07) is 8.40. The number of aromatic hydroxyl groups is 1. The standard InChI is InChI=1S/C13H12ClNO3/c1-15(8-9-4-2-3-5-11(9)16)13(17)10-6-7-18-12(10)14/h2-7,16H,8H2,1H3. The van der Waals surface area contributed by atoms with E-state index in [-0.39, 0.29) is 16.9 Å². The van der Waals surface area contributed by atoms with E-state index in [1.807, 2.05) is 0 Å². The molecule has 0 fully saturated rings. The highest BCUT2D eigenvalue weighted by Crippen LogP contribution is 2.21. The molecule has 0 aliphatic rings. The molecule has 2 aromatic rings. The van der Waals surface area contributed by atoms with Gasteiger partial charge in [-0.3, -0.25) is 4.79 Å². The predicted octanol–water partition coefficient (Wildman–Crippen LogP) is 2.91. The lowest BCUT2D eigenvalue weighted by Gasteiger charge is -2.17. The van der Waals surface area contributed by atoms with Gasteiger partial charge in [0.1, 0.15) is 5.75 Å². The molecule has 0 aliphatic carbocycles. The SMILES string of the molecule is CN(Cc1ccccc1O)C(=O)c1ccoc1Cl. The van der Waals surface area contributed by atoms with E-state index >= 15 is 0 Å². The molecule has 0 radical (unpaired) electrons. The summed E-state index contributed by atoms with van der Waals surface area (Å²) in [5.74, 6) is -0.0903. The maximum atomic E-state index is 12.0. The molecule has 0 atom stereocenters. The third-order valence-corrected chi connectivity index (χ3v) is 2.89. The van der Waals surface area contributed by atoms with Crippen molar-refractivity contribution in [2.75, 3.05) is 7.05 Å². The van der Waals surface area contributed by atoms with Crippen molar-refractivity contribution < 1.29 is 14.3 Å². The molecular weight excluding hydrogens is 254 g/mol. The molecule has 2 rings (SSSR count). The van der Waals surface area contributed by atoms with Crippen molar-refractivity contribution in [2.24, 2.45) is 0 Å². The number of phenols is 1. The molecule has 1 heterocycles. The summed E-state index contributed by atoms with van der Waals surface area (Å²) < 4.78 is 4.88. The average molecular weight is 266 g/mol. The smallest absolute Gasteiger partial charge is 0.258 e. The van der Waals surface area contributed by atoms with Gasteiger partial charge in [-0.25, -0.2) is 0 Å². The first kappa shape index (κ1) is 12.5. The van der Waals surface area contributed by atoms with Crippen LogP contribution in [0, 0.1) is 0 Å². The molecule has 4 nitrogen and oxygen atoms in total. The van der Waals surface area contributed by atoms with Crippen LogP contribution in [0.3, 0.4) is 0 Å². The van der Waals surface area contributed by atoms with Gasteiger partial charge in [-0.05, 0) is 23.7 Å². The second-order valence-corrected chi connectivity index (χ2v) is 4.24. The number of furan rings is 1. The van der Waals surface area contributed by atoms with Crippen LogP contribution in [0.25, 0.3) is 0 Å². The van der Waals surface area contributed by atoms with Crippen molar-refractivity contribution in [3.63, 3.8) is 0 Å². The Labute approximate surface area is 109 Å². The van der Waals surface area contributed by atoms with Gasteiger partial charge in [-0.2, -0.15) is 0 Å². The number of hydrogen-bond donors (Lipinski definition) is 1. The van der Waals surface area contributed by atoms with Crippen molar-refractivity contribution in [3.8, 4) is 5.75 Å². The molecule has 94 valence electrons. The molecule has 0 unspecified atom stereocenters. The average Bonchev–Trinajstić information content (AvgIpc) is 2.77. The Hall–Kier alpha value is -1.94. The molecular formula is C13H12ClNO3. The fourth-order valence-corrected chi connectivity index (χ4v) is 1.82. The fourth-order valence-electron chi connectivity index (χ4n) is 1.62. The highest BCUT2D eigenvalue weighted by molar-refractivity contribution is 6.32. The van der Waals surface area contributed by atoms with Crippen LogP contribution in [0.2, 0.25) is 5.22 Å². The highest BCUT2D eigenvalue weighted by Gasteiger charge is 2.18. The third-order valence-electron chi connectivity index (χ3n) is 2.59. The number of rotatable bonds is 3. The number of hydrogen-bond acceptors (Lipinski definition) is 3. The van der Waals surface area contributed by atoms with Crippen LogP contribution in [0.1, 0.15) is 15.9 Å². The second-order valence-electron chi connectivity index (χ2n) is 3.90. The van der Waals surface area contributed by atoms with Crippen molar-refractivity contribution in [3.05, 3.63) is 52.9 Å². The number of carbonyl (C=O) groups is 1. The van der Waals surface area contributed by atoms with Crippen molar-refractivity contribution in [2.45, 2.75) is 6.54 Å². The van der Waals surface area contributed by atoms with Crippen LogP contribution in [0.15, 0.2) is 41.0 Å². The van der Waals surface area contributed by atoms with Crippen molar-refractivity contribution >= 4 is 17.5 Å². The molecule has 0 aliphatic heterocycles. The van der Waals surface area contributed by atoms with E-state index in [1.54, 1.807) is 31.3 Å². The minimum absolute atomic E-state index is 0.0733. The number of nitrogens with zero attached hydrogens (tertiary/aromatic N) is 1. The Morgan fingerprint density at radius 2 is 2.11 bits per heavy atom. The van der Waals surface area contributed by atoms with Gasteiger partial charge >= 0.3 is 0 Å². The van der Waals surface area contributed by atoms with Crippen LogP contribution in [0.5, 0.6) is 5.75 Å². The fraction of sp³-hybridized carbons (Fsp3) is 0.154. The first-order valence-corrected chi connectivity index (χ1v) is 5.72. The number of benzene rings is 1.